The Morgan fingerprint density at radius 1 is 1.17 bits per heavy atom. The van der Waals surface area contributed by atoms with E-state index in [1.807, 2.05) is 63.2 Å². The smallest absolute Gasteiger partial charge is 0.237 e. The Kier molecular flexibility index (Phi) is 6.77. The summed E-state index contributed by atoms with van der Waals surface area (Å²) in [6.07, 6.45) is 0. The summed E-state index contributed by atoms with van der Waals surface area (Å²) < 4.78 is 7.20. The van der Waals surface area contributed by atoms with E-state index < -0.39 is 0 Å². The van der Waals surface area contributed by atoms with Gasteiger partial charge in [-0.05, 0) is 44.5 Å². The van der Waals surface area contributed by atoms with Gasteiger partial charge in [0, 0.05) is 12.2 Å². The van der Waals surface area contributed by atoms with Crippen molar-refractivity contribution in [3.8, 4) is 5.75 Å². The van der Waals surface area contributed by atoms with Gasteiger partial charge in [0.05, 0.1) is 5.75 Å². The van der Waals surface area contributed by atoms with Gasteiger partial charge in [0.2, 0.25) is 11.1 Å². The number of nitrogens with two attached hydrogens (primary N) is 1. The molecule has 0 spiro atoms. The van der Waals surface area contributed by atoms with Gasteiger partial charge >= 0.3 is 0 Å². The Hall–Kier alpha value is -3.00. The number of hydrogen-bond acceptors (Lipinski definition) is 6. The highest BCUT2D eigenvalue weighted by Crippen LogP contribution is 2.21. The summed E-state index contributed by atoms with van der Waals surface area (Å²) in [6, 6.07) is 15.6. The minimum Gasteiger partial charge on any atom is -0.485 e. The number of para-hydroxylation sites is 1. The largest absolute Gasteiger partial charge is 0.485 e. The molecule has 8 heteroatoms. The lowest BCUT2D eigenvalue weighted by atomic mass is 10.1. The molecule has 0 fully saturated rings. The molecular formula is C21H25N5O2S. The molecule has 0 unspecified atom stereocenters. The van der Waals surface area contributed by atoms with Crippen LogP contribution >= 0.6 is 11.8 Å². The molecule has 152 valence electrons. The average Bonchev–Trinajstić information content (AvgIpc) is 3.07. The van der Waals surface area contributed by atoms with Crippen LogP contribution in [-0.4, -0.2) is 33.1 Å². The van der Waals surface area contributed by atoms with E-state index in [2.05, 4.69) is 16.3 Å². The fraction of sp³-hybridized carbons (Fsp3) is 0.286. The van der Waals surface area contributed by atoms with Crippen LogP contribution in [0.2, 0.25) is 0 Å². The quantitative estimate of drug-likeness (QED) is 0.452. The molecule has 7 nitrogen and oxygen atoms in total. The van der Waals surface area contributed by atoms with E-state index in [9.17, 15) is 4.79 Å². The lowest BCUT2D eigenvalue weighted by Crippen LogP contribution is -2.32. The molecule has 1 amide bonds. The first-order chi connectivity index (χ1) is 14.0. The van der Waals surface area contributed by atoms with Crippen molar-refractivity contribution in [2.45, 2.75) is 32.5 Å². The number of rotatable bonds is 8. The van der Waals surface area contributed by atoms with Gasteiger partial charge in [0.1, 0.15) is 12.4 Å². The summed E-state index contributed by atoms with van der Waals surface area (Å²) in [7, 11) is 0. The van der Waals surface area contributed by atoms with Gasteiger partial charge in [-0.25, -0.2) is 4.68 Å². The molecule has 1 heterocycles. The highest BCUT2D eigenvalue weighted by Gasteiger charge is 2.17. The van der Waals surface area contributed by atoms with Crippen LogP contribution in [0.4, 0.5) is 5.69 Å². The second-order valence-corrected chi connectivity index (χ2v) is 7.53. The van der Waals surface area contributed by atoms with E-state index >= 15 is 0 Å². The zero-order valence-corrected chi connectivity index (χ0v) is 17.6. The van der Waals surface area contributed by atoms with E-state index in [0.717, 1.165) is 17.0 Å². The zero-order chi connectivity index (χ0) is 20.8. The molecule has 3 aromatic rings. The second-order valence-electron chi connectivity index (χ2n) is 6.59. The van der Waals surface area contributed by atoms with Crippen LogP contribution in [0, 0.1) is 13.8 Å². The van der Waals surface area contributed by atoms with Crippen molar-refractivity contribution < 1.29 is 9.53 Å². The summed E-state index contributed by atoms with van der Waals surface area (Å²) in [4.78, 5) is 14.4. The van der Waals surface area contributed by atoms with Crippen LogP contribution in [0.3, 0.4) is 0 Å². The predicted octanol–water partition coefficient (Wildman–Crippen LogP) is 3.33. The normalized spacial score (nSPS) is 10.7. The third kappa shape index (κ3) is 5.08. The van der Waals surface area contributed by atoms with Crippen LogP contribution in [-0.2, 0) is 11.4 Å². The van der Waals surface area contributed by atoms with E-state index in [4.69, 9.17) is 10.6 Å². The second kappa shape index (κ2) is 9.47. The van der Waals surface area contributed by atoms with Gasteiger partial charge in [-0.15, -0.1) is 10.2 Å². The number of benzene rings is 2. The summed E-state index contributed by atoms with van der Waals surface area (Å²) in [6.45, 7) is 6.77. The topological polar surface area (TPSA) is 86.3 Å². The molecule has 0 aliphatic heterocycles. The van der Waals surface area contributed by atoms with Gasteiger partial charge in [-0.1, -0.05) is 47.7 Å². The Balaban J connectivity index is 1.60. The van der Waals surface area contributed by atoms with E-state index in [-0.39, 0.29) is 18.3 Å². The molecule has 1 aromatic heterocycles. The van der Waals surface area contributed by atoms with Crippen LogP contribution in [0.15, 0.2) is 53.7 Å². The van der Waals surface area contributed by atoms with E-state index in [0.29, 0.717) is 17.5 Å². The monoisotopic (exact) mass is 411 g/mol. The SMILES string of the molecule is CCN(C(=O)CSc1nnc(COc2ccc(C)cc2C)n1N)c1ccccc1. The van der Waals surface area contributed by atoms with Crippen LogP contribution < -0.4 is 15.5 Å². The number of nitrogens with zero attached hydrogens (tertiary/aromatic N) is 4. The highest BCUT2D eigenvalue weighted by atomic mass is 32.2. The van der Waals surface area contributed by atoms with E-state index in [1.54, 1.807) is 4.90 Å². The predicted molar refractivity (Wildman–Crippen MR) is 116 cm³/mol. The maximum atomic E-state index is 12.6. The minimum atomic E-state index is -0.0141. The summed E-state index contributed by atoms with van der Waals surface area (Å²) >= 11 is 1.26. The number of carbonyl (C=O) groups is 1. The molecule has 0 aliphatic carbocycles. The molecule has 2 aromatic carbocycles. The number of thioether (sulfide) groups is 1. The van der Waals surface area contributed by atoms with Gasteiger partial charge in [0.15, 0.2) is 5.82 Å². The molecule has 0 saturated heterocycles. The maximum Gasteiger partial charge on any atom is 0.237 e. The van der Waals surface area contributed by atoms with Crippen LogP contribution in [0.5, 0.6) is 5.75 Å². The van der Waals surface area contributed by atoms with Crippen molar-refractivity contribution in [1.29, 1.82) is 0 Å². The van der Waals surface area contributed by atoms with Crippen LogP contribution in [0.1, 0.15) is 23.9 Å². The lowest BCUT2D eigenvalue weighted by Gasteiger charge is -2.20. The Labute approximate surface area is 174 Å². The van der Waals surface area contributed by atoms with Crippen molar-refractivity contribution in [3.63, 3.8) is 0 Å². The number of aryl methyl sites for hydroxylation is 2. The number of nitrogen functional groups attached to an aromatic ring is 1. The van der Waals surface area contributed by atoms with Crippen molar-refractivity contribution in [2.24, 2.45) is 0 Å². The fourth-order valence-electron chi connectivity index (χ4n) is 2.92. The van der Waals surface area contributed by atoms with Crippen molar-refractivity contribution in [3.05, 3.63) is 65.5 Å². The first-order valence-corrected chi connectivity index (χ1v) is 10.4. The first-order valence-electron chi connectivity index (χ1n) is 9.37. The lowest BCUT2D eigenvalue weighted by molar-refractivity contribution is -0.116. The van der Waals surface area contributed by atoms with Crippen LogP contribution in [0.25, 0.3) is 0 Å². The third-order valence-electron chi connectivity index (χ3n) is 4.43. The van der Waals surface area contributed by atoms with Crippen molar-refractivity contribution >= 4 is 23.4 Å². The molecule has 3 rings (SSSR count). The Morgan fingerprint density at radius 2 is 1.93 bits per heavy atom. The van der Waals surface area contributed by atoms with E-state index in [1.165, 1.54) is 22.0 Å². The van der Waals surface area contributed by atoms with Crippen molar-refractivity contribution in [1.82, 2.24) is 14.9 Å². The molecular weight excluding hydrogens is 386 g/mol. The number of hydrogen-bond donors (Lipinski definition) is 1. The summed E-state index contributed by atoms with van der Waals surface area (Å²) in [5.74, 6) is 7.58. The highest BCUT2D eigenvalue weighted by molar-refractivity contribution is 7.99. The average molecular weight is 412 g/mol. The van der Waals surface area contributed by atoms with Gasteiger partial charge in [-0.2, -0.15) is 0 Å². The zero-order valence-electron chi connectivity index (χ0n) is 16.8. The number of aromatic nitrogens is 3. The fourth-order valence-corrected chi connectivity index (χ4v) is 3.67. The molecule has 29 heavy (non-hydrogen) atoms. The first kappa shape index (κ1) is 20.7. The molecule has 0 radical (unpaired) electrons. The van der Waals surface area contributed by atoms with Gasteiger partial charge < -0.3 is 15.5 Å². The molecule has 2 N–H and O–H groups in total. The number of carbonyl (C=O) groups excluding carboxylic acids is 1. The number of amides is 1. The number of anilines is 1. The summed E-state index contributed by atoms with van der Waals surface area (Å²) in [5.41, 5.74) is 3.10. The Bertz CT molecular complexity index is 974. The standard InChI is InChI=1S/C21H25N5O2S/c1-4-25(17-8-6-5-7-9-17)20(27)14-29-21-24-23-19(26(21)22)13-28-18-11-10-15(2)12-16(18)3/h5-12H,4,13-14,22H2,1-3H3. The Morgan fingerprint density at radius 3 is 2.62 bits per heavy atom. The minimum absolute atomic E-state index is 0.0141. The van der Waals surface area contributed by atoms with Gasteiger partial charge in [-0.3, -0.25) is 4.79 Å². The van der Waals surface area contributed by atoms with Gasteiger partial charge in [0.25, 0.3) is 0 Å². The molecule has 0 aliphatic rings. The molecule has 0 saturated carbocycles. The molecule has 0 atom stereocenters. The molecule has 0 bridgehead atoms. The van der Waals surface area contributed by atoms with Crippen molar-refractivity contribution in [2.75, 3.05) is 23.0 Å². The summed E-state index contributed by atoms with van der Waals surface area (Å²) in [5, 5.41) is 8.66. The number of ether oxygens (including phenoxy) is 1. The third-order valence-corrected chi connectivity index (χ3v) is 5.36. The maximum absolute atomic E-state index is 12.6.